The van der Waals surface area contributed by atoms with Crippen molar-refractivity contribution in [3.63, 3.8) is 0 Å². The van der Waals surface area contributed by atoms with Crippen LogP contribution in [0.1, 0.15) is 96.1 Å². The van der Waals surface area contributed by atoms with E-state index < -0.39 is 6.09 Å². The number of imidazole rings is 1. The summed E-state index contributed by atoms with van der Waals surface area (Å²) in [5, 5.41) is 23.2. The summed E-state index contributed by atoms with van der Waals surface area (Å²) in [6.07, 6.45) is 9.28. The maximum absolute atomic E-state index is 11.3. The first kappa shape index (κ1) is 26.8. The smallest absolute Gasteiger partial charge is 0.410 e. The Balaban J connectivity index is 1.59. The lowest BCUT2D eigenvalue weighted by molar-refractivity contribution is 0.0583. The first-order valence-corrected chi connectivity index (χ1v) is 14.5. The zero-order chi connectivity index (χ0) is 26.8. The number of fused-ring (bicyclic) bond motifs is 1. The van der Waals surface area contributed by atoms with Gasteiger partial charge < -0.3 is 19.7 Å². The summed E-state index contributed by atoms with van der Waals surface area (Å²) in [7, 11) is 0. The molecule has 3 fully saturated rings. The van der Waals surface area contributed by atoms with Crippen molar-refractivity contribution in [2.45, 2.75) is 97.1 Å². The molecular formula is C28H43N7O3. The minimum absolute atomic E-state index is 0.0459. The van der Waals surface area contributed by atoms with E-state index in [-0.39, 0.29) is 23.6 Å². The Morgan fingerprint density at radius 1 is 1.05 bits per heavy atom. The fraction of sp³-hybridized carbons (Fsp3) is 0.750. The van der Waals surface area contributed by atoms with Gasteiger partial charge in [0, 0.05) is 31.7 Å². The van der Waals surface area contributed by atoms with E-state index in [1.165, 1.54) is 44.9 Å². The maximum atomic E-state index is 11.3. The van der Waals surface area contributed by atoms with Crippen molar-refractivity contribution in [3.05, 3.63) is 11.6 Å². The molecule has 38 heavy (non-hydrogen) atoms. The molecule has 2 atom stereocenters. The fourth-order valence-corrected chi connectivity index (χ4v) is 6.43. The van der Waals surface area contributed by atoms with Gasteiger partial charge in [0.2, 0.25) is 0 Å². The molecule has 4 N–H and O–H groups in total. The van der Waals surface area contributed by atoms with E-state index in [0.717, 1.165) is 49.9 Å². The van der Waals surface area contributed by atoms with E-state index >= 15 is 0 Å². The molecule has 10 nitrogen and oxygen atoms in total. The lowest BCUT2D eigenvalue weighted by atomic mass is 9.80. The molecule has 0 radical (unpaired) electrons. The summed E-state index contributed by atoms with van der Waals surface area (Å²) in [5.41, 5.74) is 1.42. The van der Waals surface area contributed by atoms with Gasteiger partial charge in [-0.25, -0.2) is 19.7 Å². The predicted octanol–water partition coefficient (Wildman–Crippen LogP) is 5.38. The minimum atomic E-state index is -1.30. The summed E-state index contributed by atoms with van der Waals surface area (Å²) in [6, 6.07) is 0.214. The number of rotatable bonds is 8. The van der Waals surface area contributed by atoms with Crippen molar-refractivity contribution in [1.29, 1.82) is 5.41 Å². The molecular weight excluding hydrogens is 482 g/mol. The zero-order valence-electron chi connectivity index (χ0n) is 23.0. The average molecular weight is 526 g/mol. The second kappa shape index (κ2) is 11.6. The SMILES string of the molecule is CC(c1nc2nc(C(=N)NC(=O)O)nc(N[C@H](C)C3CCC3)c2n1C[C@H]1CC[C@H](C)CC1)C1CCOCC1. The number of anilines is 1. The van der Waals surface area contributed by atoms with Crippen LogP contribution >= 0.6 is 0 Å². The summed E-state index contributed by atoms with van der Waals surface area (Å²) in [4.78, 5) is 25.7. The van der Waals surface area contributed by atoms with Crippen LogP contribution in [0.2, 0.25) is 0 Å². The first-order valence-electron chi connectivity index (χ1n) is 14.5. The number of nitrogens with zero attached hydrogens (tertiary/aromatic N) is 4. The van der Waals surface area contributed by atoms with E-state index in [1.54, 1.807) is 0 Å². The van der Waals surface area contributed by atoms with E-state index in [4.69, 9.17) is 20.1 Å². The molecule has 2 saturated carbocycles. The molecule has 0 spiro atoms. The molecule has 1 unspecified atom stereocenters. The average Bonchev–Trinajstić information content (AvgIpc) is 3.22. The van der Waals surface area contributed by atoms with Gasteiger partial charge in [-0.15, -0.1) is 0 Å². The number of amidine groups is 1. The summed E-state index contributed by atoms with van der Waals surface area (Å²) < 4.78 is 8.01. The Morgan fingerprint density at radius 2 is 1.76 bits per heavy atom. The molecule has 3 heterocycles. The molecule has 0 bridgehead atoms. The number of carboxylic acid groups (broad SMARTS) is 1. The van der Waals surface area contributed by atoms with E-state index in [0.29, 0.717) is 29.2 Å². The molecule has 2 aromatic rings. The van der Waals surface area contributed by atoms with Gasteiger partial charge in [0.05, 0.1) is 0 Å². The molecule has 2 aromatic heterocycles. The third kappa shape index (κ3) is 5.80. The molecule has 1 aliphatic heterocycles. The van der Waals surface area contributed by atoms with Gasteiger partial charge in [-0.3, -0.25) is 10.7 Å². The van der Waals surface area contributed by atoms with Crippen molar-refractivity contribution in [3.8, 4) is 0 Å². The lowest BCUT2D eigenvalue weighted by Crippen LogP contribution is -2.33. The van der Waals surface area contributed by atoms with E-state index in [2.05, 4.69) is 41.0 Å². The van der Waals surface area contributed by atoms with Crippen LogP contribution in [-0.2, 0) is 11.3 Å². The highest BCUT2D eigenvalue weighted by atomic mass is 16.5. The fourth-order valence-electron chi connectivity index (χ4n) is 6.43. The number of nitrogens with one attached hydrogen (secondary N) is 3. The normalized spacial score (nSPS) is 24.5. The summed E-state index contributed by atoms with van der Waals surface area (Å²) in [5.74, 6) is 4.04. The van der Waals surface area contributed by atoms with Crippen LogP contribution in [0, 0.1) is 29.1 Å². The molecule has 3 aliphatic rings. The summed E-state index contributed by atoms with van der Waals surface area (Å²) >= 11 is 0. The van der Waals surface area contributed by atoms with Crippen LogP contribution in [0.3, 0.4) is 0 Å². The highest BCUT2D eigenvalue weighted by Gasteiger charge is 2.32. The minimum Gasteiger partial charge on any atom is -0.465 e. The second-order valence-corrected chi connectivity index (χ2v) is 11.9. The Kier molecular flexibility index (Phi) is 8.16. The second-order valence-electron chi connectivity index (χ2n) is 11.9. The van der Waals surface area contributed by atoms with Gasteiger partial charge in [-0.1, -0.05) is 33.1 Å². The first-order chi connectivity index (χ1) is 18.3. The number of carbonyl (C=O) groups is 1. The van der Waals surface area contributed by atoms with Gasteiger partial charge in [0.25, 0.3) is 0 Å². The number of hydrogen-bond donors (Lipinski definition) is 4. The van der Waals surface area contributed by atoms with Crippen LogP contribution in [0.25, 0.3) is 11.2 Å². The third-order valence-electron chi connectivity index (χ3n) is 9.27. The topological polar surface area (TPSA) is 138 Å². The van der Waals surface area contributed by atoms with Crippen LogP contribution in [0.5, 0.6) is 0 Å². The van der Waals surface area contributed by atoms with Crippen molar-refractivity contribution in [1.82, 2.24) is 24.8 Å². The molecule has 1 saturated heterocycles. The third-order valence-corrected chi connectivity index (χ3v) is 9.27. The highest BCUT2D eigenvalue weighted by Crippen LogP contribution is 2.38. The van der Waals surface area contributed by atoms with Crippen LogP contribution in [0.15, 0.2) is 0 Å². The largest absolute Gasteiger partial charge is 0.465 e. The quantitative estimate of drug-likeness (QED) is 0.268. The predicted molar refractivity (Wildman–Crippen MR) is 147 cm³/mol. The molecule has 2 aliphatic carbocycles. The van der Waals surface area contributed by atoms with Crippen molar-refractivity contribution in [2.75, 3.05) is 18.5 Å². The van der Waals surface area contributed by atoms with Gasteiger partial charge in [0.1, 0.15) is 11.3 Å². The van der Waals surface area contributed by atoms with Gasteiger partial charge in [-0.05, 0) is 69.1 Å². The molecule has 10 heteroatoms. The molecule has 0 aromatic carbocycles. The Bertz CT molecular complexity index is 1150. The number of hydrogen-bond acceptors (Lipinski definition) is 7. The number of amides is 1. The zero-order valence-corrected chi connectivity index (χ0v) is 23.0. The highest BCUT2D eigenvalue weighted by molar-refractivity contribution is 6.03. The molecule has 1 amide bonds. The Labute approximate surface area is 224 Å². The standard InChI is InChI=1S/C28H43N7O3/c1-16-7-9-19(10-8-16)15-35-22-24(30-18(3)21-5-4-6-21)32-26(23(29)31-28(36)37)33-25(22)34-27(35)17(2)20-11-13-38-14-12-20/h16-21H,4-15H2,1-3H3,(H2,29,31)(H,36,37)(H,30,32,33)/t16-,17?,18-,19-/m1/s1. The number of aromatic nitrogens is 4. The summed E-state index contributed by atoms with van der Waals surface area (Å²) in [6.45, 7) is 9.25. The van der Waals surface area contributed by atoms with Gasteiger partial charge >= 0.3 is 6.09 Å². The molecule has 5 rings (SSSR count). The monoisotopic (exact) mass is 525 g/mol. The van der Waals surface area contributed by atoms with Crippen molar-refractivity contribution in [2.24, 2.45) is 23.7 Å². The van der Waals surface area contributed by atoms with Crippen molar-refractivity contribution >= 4 is 28.9 Å². The van der Waals surface area contributed by atoms with Crippen LogP contribution in [0.4, 0.5) is 10.6 Å². The Hall–Kier alpha value is -2.75. The van der Waals surface area contributed by atoms with Crippen molar-refractivity contribution < 1.29 is 14.6 Å². The van der Waals surface area contributed by atoms with E-state index in [1.807, 2.05) is 0 Å². The van der Waals surface area contributed by atoms with Crippen LogP contribution < -0.4 is 10.6 Å². The van der Waals surface area contributed by atoms with Gasteiger partial charge in [-0.2, -0.15) is 0 Å². The number of ether oxygens (including phenoxy) is 1. The van der Waals surface area contributed by atoms with E-state index in [9.17, 15) is 9.90 Å². The lowest BCUT2D eigenvalue weighted by Gasteiger charge is -2.33. The van der Waals surface area contributed by atoms with Crippen LogP contribution in [-0.4, -0.2) is 55.8 Å². The molecule has 208 valence electrons. The van der Waals surface area contributed by atoms with Gasteiger partial charge in [0.15, 0.2) is 23.1 Å². The Morgan fingerprint density at radius 3 is 2.39 bits per heavy atom. The maximum Gasteiger partial charge on any atom is 0.410 e.